The lowest BCUT2D eigenvalue weighted by atomic mass is 9.89. The number of anilines is 1. The highest BCUT2D eigenvalue weighted by Crippen LogP contribution is 2.40. The number of carbonyl (C=O) groups is 1. The molecule has 2 aromatic carbocycles. The predicted molar refractivity (Wildman–Crippen MR) is 101 cm³/mol. The molecule has 0 bridgehead atoms. The summed E-state index contributed by atoms with van der Waals surface area (Å²) in [5.74, 6) is 0.821. The van der Waals surface area contributed by atoms with Gasteiger partial charge in [-0.15, -0.1) is 0 Å². The number of nitrogens with one attached hydrogen (secondary N) is 1. The highest BCUT2D eigenvalue weighted by atomic mass is 79.9. The van der Waals surface area contributed by atoms with Gasteiger partial charge >= 0.3 is 0 Å². The first-order chi connectivity index (χ1) is 12.6. The van der Waals surface area contributed by atoms with E-state index in [0.717, 1.165) is 21.4 Å². The Morgan fingerprint density at radius 1 is 1.31 bits per heavy atom. The number of methoxy groups -OCH3 is 1. The van der Waals surface area contributed by atoms with E-state index in [9.17, 15) is 9.90 Å². The maximum absolute atomic E-state index is 12.3. The van der Waals surface area contributed by atoms with E-state index < -0.39 is 0 Å². The van der Waals surface area contributed by atoms with Crippen molar-refractivity contribution >= 4 is 27.7 Å². The Bertz CT molecular complexity index is 999. The first kappa shape index (κ1) is 16.7. The molecule has 0 saturated heterocycles. The van der Waals surface area contributed by atoms with Crippen LogP contribution in [0.4, 0.5) is 5.82 Å². The summed E-state index contributed by atoms with van der Waals surface area (Å²) in [6.07, 6.45) is 2.00. The molecule has 0 saturated carbocycles. The summed E-state index contributed by atoms with van der Waals surface area (Å²) in [4.78, 5) is 16.9. The smallest absolute Gasteiger partial charge is 0.226 e. The molecular weight excluding hydrogens is 398 g/mol. The van der Waals surface area contributed by atoms with E-state index >= 15 is 0 Å². The Labute approximate surface area is 158 Å². The summed E-state index contributed by atoms with van der Waals surface area (Å²) in [6, 6.07) is 12.9. The van der Waals surface area contributed by atoms with Crippen molar-refractivity contribution in [3.05, 3.63) is 64.5 Å². The van der Waals surface area contributed by atoms with Crippen LogP contribution in [0.1, 0.15) is 23.6 Å². The van der Waals surface area contributed by atoms with Gasteiger partial charge in [0.15, 0.2) is 11.5 Å². The quantitative estimate of drug-likeness (QED) is 0.683. The minimum absolute atomic E-state index is 0.0661. The molecule has 1 aliphatic heterocycles. The van der Waals surface area contributed by atoms with Crippen molar-refractivity contribution in [3.63, 3.8) is 0 Å². The normalized spacial score (nSPS) is 16.1. The van der Waals surface area contributed by atoms with Gasteiger partial charge in [-0.2, -0.15) is 0 Å². The van der Waals surface area contributed by atoms with Gasteiger partial charge in [0.2, 0.25) is 5.91 Å². The van der Waals surface area contributed by atoms with Crippen LogP contribution < -0.4 is 10.1 Å². The van der Waals surface area contributed by atoms with Gasteiger partial charge in [-0.1, -0.05) is 28.1 Å². The number of aromatic hydroxyl groups is 1. The van der Waals surface area contributed by atoms with Crippen LogP contribution in [0.5, 0.6) is 11.5 Å². The average molecular weight is 414 g/mol. The number of fused-ring (bicyclic) bond motifs is 1. The van der Waals surface area contributed by atoms with Crippen LogP contribution in [0, 0.1) is 0 Å². The molecule has 1 aliphatic rings. The Hall–Kier alpha value is -2.80. The molecular formula is C19H16BrN3O3. The first-order valence-corrected chi connectivity index (χ1v) is 8.86. The van der Waals surface area contributed by atoms with Crippen molar-refractivity contribution in [1.82, 2.24) is 9.55 Å². The lowest BCUT2D eigenvalue weighted by Crippen LogP contribution is -2.24. The molecule has 1 amide bonds. The molecule has 1 aromatic heterocycles. The van der Waals surface area contributed by atoms with Crippen molar-refractivity contribution in [3.8, 4) is 17.2 Å². The van der Waals surface area contributed by atoms with Crippen molar-refractivity contribution in [1.29, 1.82) is 0 Å². The van der Waals surface area contributed by atoms with Gasteiger partial charge in [-0.3, -0.25) is 9.36 Å². The molecule has 1 atom stereocenters. The summed E-state index contributed by atoms with van der Waals surface area (Å²) in [5, 5.41) is 12.8. The van der Waals surface area contributed by atoms with Crippen molar-refractivity contribution in [2.75, 3.05) is 12.4 Å². The van der Waals surface area contributed by atoms with Crippen LogP contribution >= 0.6 is 15.9 Å². The lowest BCUT2D eigenvalue weighted by Gasteiger charge is -2.23. The number of ether oxygens (including phenoxy) is 1. The second kappa shape index (κ2) is 6.49. The van der Waals surface area contributed by atoms with E-state index in [-0.39, 0.29) is 24.0 Å². The van der Waals surface area contributed by atoms with Crippen molar-refractivity contribution in [2.45, 2.75) is 12.3 Å². The van der Waals surface area contributed by atoms with Crippen molar-refractivity contribution in [2.24, 2.45) is 0 Å². The molecule has 0 fully saturated rings. The number of rotatable bonds is 3. The van der Waals surface area contributed by atoms with E-state index in [1.165, 1.54) is 7.11 Å². The number of imidazole rings is 1. The largest absolute Gasteiger partial charge is 0.504 e. The molecule has 0 spiro atoms. The molecule has 2 N–H and O–H groups in total. The highest BCUT2D eigenvalue weighted by molar-refractivity contribution is 9.10. The Morgan fingerprint density at radius 3 is 2.92 bits per heavy atom. The Balaban J connectivity index is 1.81. The molecule has 3 aromatic rings. The zero-order valence-corrected chi connectivity index (χ0v) is 15.5. The first-order valence-electron chi connectivity index (χ1n) is 8.06. The Morgan fingerprint density at radius 2 is 2.15 bits per heavy atom. The molecule has 1 unspecified atom stereocenters. The Kier molecular flexibility index (Phi) is 4.16. The SMILES string of the molecule is COc1cc(C2CC(=O)Nc3c2ncn3-c2cccc(Br)c2)ccc1O. The molecule has 7 heteroatoms. The predicted octanol–water partition coefficient (Wildman–Crippen LogP) is 3.82. The van der Waals surface area contributed by atoms with Crippen molar-refractivity contribution < 1.29 is 14.6 Å². The number of hydrogen-bond acceptors (Lipinski definition) is 4. The summed E-state index contributed by atoms with van der Waals surface area (Å²) >= 11 is 3.47. The number of phenolic OH excluding ortho intramolecular Hbond substituents is 1. The number of carbonyl (C=O) groups excluding carboxylic acids is 1. The van der Waals surface area contributed by atoms with Crippen LogP contribution in [0.25, 0.3) is 5.69 Å². The monoisotopic (exact) mass is 413 g/mol. The van der Waals surface area contributed by atoms with Crippen LogP contribution in [-0.2, 0) is 4.79 Å². The number of halogens is 1. The summed E-state index contributed by atoms with van der Waals surface area (Å²) in [5.41, 5.74) is 2.56. The standard InChI is InChI=1S/C19H16BrN3O3/c1-26-16-7-11(5-6-15(16)24)14-9-17(25)22-19-18(14)21-10-23(19)13-4-2-3-12(20)8-13/h2-8,10,14,24H,9H2,1H3,(H,22,25). The van der Waals surface area contributed by atoms with Crippen LogP contribution in [0.15, 0.2) is 53.3 Å². The van der Waals surface area contributed by atoms with Gasteiger partial charge in [-0.05, 0) is 35.9 Å². The van der Waals surface area contributed by atoms with E-state index in [2.05, 4.69) is 26.2 Å². The second-order valence-corrected chi connectivity index (χ2v) is 6.98. The van der Waals surface area contributed by atoms with E-state index in [1.54, 1.807) is 24.5 Å². The minimum Gasteiger partial charge on any atom is -0.504 e. The van der Waals surface area contributed by atoms with E-state index in [4.69, 9.17) is 4.74 Å². The van der Waals surface area contributed by atoms with Gasteiger partial charge in [-0.25, -0.2) is 4.98 Å². The molecule has 4 rings (SSSR count). The van der Waals surface area contributed by atoms with Crippen LogP contribution in [-0.4, -0.2) is 27.7 Å². The fourth-order valence-corrected chi connectivity index (χ4v) is 3.60. The molecule has 2 heterocycles. The van der Waals surface area contributed by atoms with Crippen LogP contribution in [0.2, 0.25) is 0 Å². The lowest BCUT2D eigenvalue weighted by molar-refractivity contribution is -0.116. The maximum atomic E-state index is 12.3. The summed E-state index contributed by atoms with van der Waals surface area (Å²) in [6.45, 7) is 0. The molecule has 0 aliphatic carbocycles. The number of nitrogens with zero attached hydrogens (tertiary/aromatic N) is 2. The third kappa shape index (κ3) is 2.84. The number of benzene rings is 2. The number of amides is 1. The van der Waals surface area contributed by atoms with Gasteiger partial charge < -0.3 is 15.2 Å². The molecule has 132 valence electrons. The number of phenols is 1. The van der Waals surface area contributed by atoms with Gasteiger partial charge in [0.1, 0.15) is 12.1 Å². The van der Waals surface area contributed by atoms with E-state index in [1.807, 2.05) is 28.8 Å². The highest BCUT2D eigenvalue weighted by Gasteiger charge is 2.31. The van der Waals surface area contributed by atoms with Gasteiger partial charge in [0, 0.05) is 22.5 Å². The van der Waals surface area contributed by atoms with Gasteiger partial charge in [0.05, 0.1) is 12.8 Å². The molecule has 6 nitrogen and oxygen atoms in total. The second-order valence-electron chi connectivity index (χ2n) is 6.06. The topological polar surface area (TPSA) is 76.4 Å². The third-order valence-electron chi connectivity index (χ3n) is 4.47. The van der Waals surface area contributed by atoms with Crippen LogP contribution in [0.3, 0.4) is 0 Å². The third-order valence-corrected chi connectivity index (χ3v) is 4.96. The summed E-state index contributed by atoms with van der Waals surface area (Å²) in [7, 11) is 1.50. The fraction of sp³-hybridized carbons (Fsp3) is 0.158. The fourth-order valence-electron chi connectivity index (χ4n) is 3.22. The number of hydrogen-bond donors (Lipinski definition) is 2. The summed E-state index contributed by atoms with van der Waals surface area (Å²) < 4.78 is 8.00. The van der Waals surface area contributed by atoms with E-state index in [0.29, 0.717) is 11.6 Å². The zero-order valence-electron chi connectivity index (χ0n) is 13.9. The average Bonchev–Trinajstić information content (AvgIpc) is 3.05. The molecule has 26 heavy (non-hydrogen) atoms. The minimum atomic E-state index is -0.207. The molecule has 0 radical (unpaired) electrons. The maximum Gasteiger partial charge on any atom is 0.226 e. The zero-order chi connectivity index (χ0) is 18.3. The number of aromatic nitrogens is 2. The van der Waals surface area contributed by atoms with Gasteiger partial charge in [0.25, 0.3) is 0 Å².